The molecule has 0 aliphatic rings. The van der Waals surface area contributed by atoms with Crippen LogP contribution in [0.15, 0.2) is 53.7 Å². The minimum absolute atomic E-state index is 0.0810. The largest absolute Gasteiger partial charge is 0.465 e. The number of amides is 1. The van der Waals surface area contributed by atoms with Gasteiger partial charge < -0.3 is 14.6 Å². The highest BCUT2D eigenvalue weighted by Crippen LogP contribution is 2.26. The first-order valence-corrected chi connectivity index (χ1v) is 10.7. The molecule has 10 heteroatoms. The third-order valence-electron chi connectivity index (χ3n) is 4.59. The van der Waals surface area contributed by atoms with Crippen molar-refractivity contribution in [3.05, 3.63) is 59.9 Å². The lowest BCUT2D eigenvalue weighted by molar-refractivity contribution is -0.143. The van der Waals surface area contributed by atoms with Gasteiger partial charge in [0.15, 0.2) is 5.16 Å². The molecular formula is C21H20FN5O3S. The van der Waals surface area contributed by atoms with Crippen LogP contribution < -0.4 is 5.32 Å². The van der Waals surface area contributed by atoms with Crippen molar-refractivity contribution in [3.63, 3.8) is 0 Å². The van der Waals surface area contributed by atoms with Crippen LogP contribution in [0, 0.1) is 5.82 Å². The van der Waals surface area contributed by atoms with Gasteiger partial charge in [-0.25, -0.2) is 4.39 Å². The molecule has 160 valence electrons. The van der Waals surface area contributed by atoms with Crippen LogP contribution in [0.5, 0.6) is 0 Å². The van der Waals surface area contributed by atoms with E-state index in [-0.39, 0.29) is 30.6 Å². The molecule has 4 rings (SSSR count). The van der Waals surface area contributed by atoms with Gasteiger partial charge in [-0.2, -0.15) is 0 Å². The normalized spacial score (nSPS) is 11.2. The number of carbonyl (C=O) groups excluding carboxylic acids is 2. The zero-order valence-corrected chi connectivity index (χ0v) is 17.6. The summed E-state index contributed by atoms with van der Waals surface area (Å²) in [5, 5.41) is 11.7. The number of esters is 1. The quantitative estimate of drug-likeness (QED) is 0.334. The van der Waals surface area contributed by atoms with Crippen molar-refractivity contribution in [1.29, 1.82) is 0 Å². The fourth-order valence-electron chi connectivity index (χ4n) is 3.22. The fourth-order valence-corrected chi connectivity index (χ4v) is 3.99. The number of fused-ring (bicyclic) bond motifs is 3. The average Bonchev–Trinajstić information content (AvgIpc) is 3.32. The van der Waals surface area contributed by atoms with Crippen molar-refractivity contribution in [2.75, 3.05) is 18.9 Å². The number of hydrogen-bond donors (Lipinski definition) is 1. The first-order chi connectivity index (χ1) is 15.1. The van der Waals surface area contributed by atoms with Crippen LogP contribution in [0.4, 0.5) is 4.39 Å². The summed E-state index contributed by atoms with van der Waals surface area (Å²) in [5.41, 5.74) is 2.78. The first kappa shape index (κ1) is 20.9. The number of thioether (sulfide) groups is 1. The third-order valence-corrected chi connectivity index (χ3v) is 5.52. The molecule has 1 N–H and O–H groups in total. The molecule has 0 aliphatic heterocycles. The molecule has 0 aliphatic carbocycles. The minimum atomic E-state index is -0.477. The fraction of sp³-hybridized carbons (Fsp3) is 0.238. The van der Waals surface area contributed by atoms with E-state index in [4.69, 9.17) is 4.74 Å². The minimum Gasteiger partial charge on any atom is -0.465 e. The lowest BCUT2D eigenvalue weighted by atomic mass is 10.2. The zero-order chi connectivity index (χ0) is 21.8. The van der Waals surface area contributed by atoms with Crippen molar-refractivity contribution in [1.82, 2.24) is 24.5 Å². The molecular weight excluding hydrogens is 421 g/mol. The van der Waals surface area contributed by atoms with Gasteiger partial charge in [0.2, 0.25) is 11.7 Å². The highest BCUT2D eigenvalue weighted by Gasteiger charge is 2.18. The van der Waals surface area contributed by atoms with Gasteiger partial charge in [-0.05, 0) is 36.8 Å². The highest BCUT2D eigenvalue weighted by atomic mass is 32.2. The summed E-state index contributed by atoms with van der Waals surface area (Å²) in [6.07, 6.45) is 0. The molecule has 0 atom stereocenters. The number of rotatable bonds is 8. The Labute approximate surface area is 181 Å². The molecule has 31 heavy (non-hydrogen) atoms. The number of para-hydroxylation sites is 2. The van der Waals surface area contributed by atoms with Crippen LogP contribution in [-0.4, -0.2) is 49.9 Å². The van der Waals surface area contributed by atoms with Crippen LogP contribution in [0.2, 0.25) is 0 Å². The maximum Gasteiger partial charge on any atom is 0.325 e. The number of nitrogens with one attached hydrogen (secondary N) is 1. The third kappa shape index (κ3) is 4.53. The Kier molecular flexibility index (Phi) is 6.17. The molecule has 0 unspecified atom stereocenters. The van der Waals surface area contributed by atoms with E-state index in [0.29, 0.717) is 17.5 Å². The number of imidazole rings is 1. The predicted octanol–water partition coefficient (Wildman–Crippen LogP) is 2.64. The summed E-state index contributed by atoms with van der Waals surface area (Å²) in [6, 6.07) is 14.1. The molecule has 4 aromatic rings. The van der Waals surface area contributed by atoms with Gasteiger partial charge in [-0.15, -0.1) is 10.2 Å². The van der Waals surface area contributed by atoms with E-state index in [1.165, 1.54) is 23.9 Å². The first-order valence-electron chi connectivity index (χ1n) is 9.68. The number of hydrogen-bond acceptors (Lipinski definition) is 6. The van der Waals surface area contributed by atoms with Gasteiger partial charge in [0.05, 0.1) is 29.9 Å². The summed E-state index contributed by atoms with van der Waals surface area (Å²) in [7, 11) is 0. The van der Waals surface area contributed by atoms with Gasteiger partial charge >= 0.3 is 5.97 Å². The predicted molar refractivity (Wildman–Crippen MR) is 114 cm³/mol. The Morgan fingerprint density at radius 1 is 1.10 bits per heavy atom. The number of halogens is 1. The summed E-state index contributed by atoms with van der Waals surface area (Å²) in [6.45, 7) is 2.31. The molecule has 2 aromatic heterocycles. The molecule has 2 heterocycles. The maximum atomic E-state index is 13.3. The second-order valence-corrected chi connectivity index (χ2v) is 7.63. The van der Waals surface area contributed by atoms with Gasteiger partial charge in [0, 0.05) is 0 Å². The van der Waals surface area contributed by atoms with Crippen molar-refractivity contribution in [3.8, 4) is 0 Å². The smallest absolute Gasteiger partial charge is 0.325 e. The van der Waals surface area contributed by atoms with Gasteiger partial charge in [-0.1, -0.05) is 36.0 Å². The van der Waals surface area contributed by atoms with E-state index in [2.05, 4.69) is 15.5 Å². The Morgan fingerprint density at radius 3 is 2.58 bits per heavy atom. The topological polar surface area (TPSA) is 90.5 Å². The molecule has 0 saturated heterocycles. The van der Waals surface area contributed by atoms with Crippen molar-refractivity contribution < 1.29 is 18.7 Å². The summed E-state index contributed by atoms with van der Waals surface area (Å²) in [4.78, 5) is 23.5. The van der Waals surface area contributed by atoms with Crippen LogP contribution in [-0.2, 0) is 20.9 Å². The average molecular weight is 441 g/mol. The van der Waals surface area contributed by atoms with Crippen molar-refractivity contribution in [2.24, 2.45) is 0 Å². The number of carbonyl (C=O) groups is 2. The molecule has 2 aromatic carbocycles. The number of nitrogens with zero attached hydrogens (tertiary/aromatic N) is 4. The van der Waals surface area contributed by atoms with E-state index >= 15 is 0 Å². The number of ether oxygens (including phenoxy) is 1. The molecule has 0 radical (unpaired) electrons. The van der Waals surface area contributed by atoms with Crippen LogP contribution in [0.3, 0.4) is 0 Å². The van der Waals surface area contributed by atoms with Gasteiger partial charge in [-0.3, -0.25) is 14.0 Å². The molecule has 1 amide bonds. The Bertz CT molecular complexity index is 1240. The van der Waals surface area contributed by atoms with Crippen LogP contribution in [0.1, 0.15) is 12.5 Å². The Hall–Kier alpha value is -3.40. The molecule has 0 spiro atoms. The number of aromatic nitrogens is 4. The van der Waals surface area contributed by atoms with E-state index < -0.39 is 5.97 Å². The molecule has 8 nitrogen and oxygen atoms in total. The van der Waals surface area contributed by atoms with Gasteiger partial charge in [0.25, 0.3) is 0 Å². The molecule has 0 fully saturated rings. The maximum absolute atomic E-state index is 13.3. The van der Waals surface area contributed by atoms with E-state index in [1.54, 1.807) is 19.1 Å². The highest BCUT2D eigenvalue weighted by molar-refractivity contribution is 7.99. The monoisotopic (exact) mass is 441 g/mol. The molecule has 0 saturated carbocycles. The van der Waals surface area contributed by atoms with E-state index in [0.717, 1.165) is 16.6 Å². The summed E-state index contributed by atoms with van der Waals surface area (Å²) in [5.74, 6) is -0.356. The second kappa shape index (κ2) is 9.17. The standard InChI is InChI=1S/C21H20FN5O3S/c1-2-30-19(29)11-23-18(28)13-31-21-25-24-20-26(12-14-7-9-15(22)10-8-14)16-5-3-4-6-17(16)27(20)21/h3-10H,2,11-13H2,1H3,(H,23,28). The van der Waals surface area contributed by atoms with Crippen molar-refractivity contribution in [2.45, 2.75) is 18.6 Å². The SMILES string of the molecule is CCOC(=O)CNC(=O)CSc1nnc2n(Cc3ccc(F)cc3)c3ccccc3n12. The summed E-state index contributed by atoms with van der Waals surface area (Å²) < 4.78 is 22.0. The number of benzene rings is 2. The molecule has 0 bridgehead atoms. The van der Waals surface area contributed by atoms with E-state index in [1.807, 2.05) is 33.2 Å². The second-order valence-electron chi connectivity index (χ2n) is 6.69. The lowest BCUT2D eigenvalue weighted by Crippen LogP contribution is -2.31. The Balaban J connectivity index is 1.57. The lowest BCUT2D eigenvalue weighted by Gasteiger charge is -2.05. The van der Waals surface area contributed by atoms with Crippen molar-refractivity contribution >= 4 is 40.4 Å². The van der Waals surface area contributed by atoms with Gasteiger partial charge in [0.1, 0.15) is 12.4 Å². The van der Waals surface area contributed by atoms with Crippen LogP contribution >= 0.6 is 11.8 Å². The zero-order valence-electron chi connectivity index (χ0n) is 16.7. The van der Waals surface area contributed by atoms with E-state index in [9.17, 15) is 14.0 Å². The van der Waals surface area contributed by atoms with Crippen LogP contribution in [0.25, 0.3) is 16.8 Å². The Morgan fingerprint density at radius 2 is 1.84 bits per heavy atom. The summed E-state index contributed by atoms with van der Waals surface area (Å²) >= 11 is 1.23.